The van der Waals surface area contributed by atoms with Crippen molar-refractivity contribution in [3.05, 3.63) is 109 Å². The van der Waals surface area contributed by atoms with Crippen LogP contribution in [0.5, 0.6) is 0 Å². The van der Waals surface area contributed by atoms with Crippen LogP contribution in [0, 0.1) is 10.1 Å². The number of halogens is 2. The second kappa shape index (κ2) is 10.3. The van der Waals surface area contributed by atoms with E-state index in [1.165, 1.54) is 17.1 Å². The number of nitro benzene ring substituents is 1. The topological polar surface area (TPSA) is 109 Å². The standard InChI is InChI=1S/C27H20BrClN4O4/c28-18-9-10-21-20(14-18)25(16-5-2-1-3-6-16)26(27(35)30-21)22-15-23(32(31-22)24(34)11-12-29)17-7-4-8-19(13-17)33(36)37/h1-10,13-14,23H,11-12,15H2,(H,30,35). The zero-order valence-electron chi connectivity index (χ0n) is 19.4. The van der Waals surface area contributed by atoms with Gasteiger partial charge in [0.15, 0.2) is 0 Å². The highest BCUT2D eigenvalue weighted by molar-refractivity contribution is 9.10. The largest absolute Gasteiger partial charge is 0.321 e. The van der Waals surface area contributed by atoms with Crippen LogP contribution in [-0.4, -0.2) is 32.4 Å². The first-order valence-electron chi connectivity index (χ1n) is 11.5. The first-order valence-corrected chi connectivity index (χ1v) is 12.8. The lowest BCUT2D eigenvalue weighted by molar-refractivity contribution is -0.384. The van der Waals surface area contributed by atoms with E-state index in [-0.39, 0.29) is 35.9 Å². The van der Waals surface area contributed by atoms with Crippen LogP contribution >= 0.6 is 27.5 Å². The maximum atomic E-state index is 13.5. The number of hydrazone groups is 1. The lowest BCUT2D eigenvalue weighted by Crippen LogP contribution is -2.27. The molecule has 37 heavy (non-hydrogen) atoms. The number of non-ortho nitro benzene ring substituents is 1. The number of hydrogen-bond acceptors (Lipinski definition) is 5. The van der Waals surface area contributed by atoms with E-state index >= 15 is 0 Å². The number of rotatable bonds is 6. The number of carbonyl (C=O) groups excluding carboxylic acids is 1. The fourth-order valence-corrected chi connectivity index (χ4v) is 5.16. The summed E-state index contributed by atoms with van der Waals surface area (Å²) in [5.41, 5.74) is 3.09. The molecule has 3 aromatic carbocycles. The number of benzene rings is 3. The summed E-state index contributed by atoms with van der Waals surface area (Å²) in [7, 11) is 0. The molecule has 0 aliphatic carbocycles. The molecule has 4 aromatic rings. The second-order valence-corrected chi connectivity index (χ2v) is 9.85. The maximum absolute atomic E-state index is 13.5. The molecule has 1 aliphatic heterocycles. The van der Waals surface area contributed by atoms with E-state index in [9.17, 15) is 19.7 Å². The number of aromatic amines is 1. The molecule has 186 valence electrons. The quantitative estimate of drug-likeness (QED) is 0.167. The van der Waals surface area contributed by atoms with Gasteiger partial charge in [-0.25, -0.2) is 5.01 Å². The normalized spacial score (nSPS) is 15.1. The first kappa shape index (κ1) is 24.9. The number of nitro groups is 1. The molecule has 0 saturated carbocycles. The van der Waals surface area contributed by atoms with Gasteiger partial charge in [-0.2, -0.15) is 5.10 Å². The zero-order valence-corrected chi connectivity index (χ0v) is 21.7. The number of nitrogens with zero attached hydrogens (tertiary/aromatic N) is 3. The highest BCUT2D eigenvalue weighted by Crippen LogP contribution is 2.38. The predicted molar refractivity (Wildman–Crippen MR) is 147 cm³/mol. The van der Waals surface area contributed by atoms with Crippen LogP contribution in [0.4, 0.5) is 5.69 Å². The number of amides is 1. The van der Waals surface area contributed by atoms with Crippen LogP contribution in [0.2, 0.25) is 0 Å². The fourth-order valence-electron chi connectivity index (χ4n) is 4.64. The maximum Gasteiger partial charge on any atom is 0.269 e. The van der Waals surface area contributed by atoms with Crippen LogP contribution in [0.25, 0.3) is 22.0 Å². The number of H-pyrrole nitrogens is 1. The smallest absolute Gasteiger partial charge is 0.269 e. The van der Waals surface area contributed by atoms with Crippen molar-refractivity contribution in [2.45, 2.75) is 18.9 Å². The number of carbonyl (C=O) groups is 1. The average molecular weight is 580 g/mol. The van der Waals surface area contributed by atoms with Gasteiger partial charge in [0.2, 0.25) is 5.91 Å². The van der Waals surface area contributed by atoms with Gasteiger partial charge in [0.25, 0.3) is 11.2 Å². The molecule has 1 atom stereocenters. The van der Waals surface area contributed by atoms with Gasteiger partial charge < -0.3 is 4.98 Å². The van der Waals surface area contributed by atoms with Gasteiger partial charge >= 0.3 is 0 Å². The van der Waals surface area contributed by atoms with Crippen LogP contribution in [0.1, 0.15) is 30.0 Å². The molecule has 1 amide bonds. The van der Waals surface area contributed by atoms with Crippen molar-refractivity contribution in [3.8, 4) is 11.1 Å². The molecule has 5 rings (SSSR count). The lowest BCUT2D eigenvalue weighted by atomic mass is 9.91. The van der Waals surface area contributed by atoms with Crippen LogP contribution in [-0.2, 0) is 4.79 Å². The molecule has 1 aliphatic rings. The van der Waals surface area contributed by atoms with E-state index < -0.39 is 11.0 Å². The van der Waals surface area contributed by atoms with E-state index in [2.05, 4.69) is 26.0 Å². The van der Waals surface area contributed by atoms with E-state index in [1.54, 1.807) is 12.1 Å². The third-order valence-electron chi connectivity index (χ3n) is 6.27. The van der Waals surface area contributed by atoms with Crippen LogP contribution in [0.3, 0.4) is 0 Å². The van der Waals surface area contributed by atoms with Crippen molar-refractivity contribution in [2.24, 2.45) is 5.10 Å². The van der Waals surface area contributed by atoms with Gasteiger partial charge in [0.1, 0.15) is 0 Å². The SMILES string of the molecule is O=C(CCCl)N1N=C(c2c(-c3ccccc3)c3cc(Br)ccc3[nH]c2=O)CC1c1cccc([N+](=O)[O-])c1. The zero-order chi connectivity index (χ0) is 26.1. The highest BCUT2D eigenvalue weighted by atomic mass is 79.9. The van der Waals surface area contributed by atoms with Crippen LogP contribution < -0.4 is 5.56 Å². The molecule has 1 aromatic heterocycles. The van der Waals surface area contributed by atoms with Crippen LogP contribution in [0.15, 0.2) is 87.2 Å². The Morgan fingerprint density at radius 3 is 2.62 bits per heavy atom. The molecule has 2 heterocycles. The Morgan fingerprint density at radius 1 is 1.11 bits per heavy atom. The number of alkyl halides is 1. The summed E-state index contributed by atoms with van der Waals surface area (Å²) < 4.78 is 0.844. The third-order valence-corrected chi connectivity index (χ3v) is 6.95. The van der Waals surface area contributed by atoms with Gasteiger partial charge in [-0.05, 0) is 29.3 Å². The third kappa shape index (κ3) is 4.80. The Balaban J connectivity index is 1.72. The lowest BCUT2D eigenvalue weighted by Gasteiger charge is -2.21. The molecule has 0 radical (unpaired) electrons. The van der Waals surface area contributed by atoms with Gasteiger partial charge in [0.05, 0.1) is 22.2 Å². The summed E-state index contributed by atoms with van der Waals surface area (Å²) in [5.74, 6) is -0.232. The Hall–Kier alpha value is -3.82. The fraction of sp³-hybridized carbons (Fsp3) is 0.148. The minimum atomic E-state index is -0.619. The summed E-state index contributed by atoms with van der Waals surface area (Å²) >= 11 is 9.38. The Labute approximate surface area is 224 Å². The average Bonchev–Trinajstić information content (AvgIpc) is 3.34. The number of aromatic nitrogens is 1. The predicted octanol–water partition coefficient (Wildman–Crippen LogP) is 6.17. The van der Waals surface area contributed by atoms with Gasteiger partial charge in [-0.1, -0.05) is 58.4 Å². The van der Waals surface area contributed by atoms with Crippen molar-refractivity contribution >= 4 is 55.7 Å². The van der Waals surface area contributed by atoms with Crippen molar-refractivity contribution in [1.82, 2.24) is 9.99 Å². The number of pyridine rings is 1. The molecule has 1 unspecified atom stereocenters. The Kier molecular flexibility index (Phi) is 6.90. The van der Waals surface area contributed by atoms with Crippen molar-refractivity contribution in [1.29, 1.82) is 0 Å². The van der Waals surface area contributed by atoms with E-state index in [4.69, 9.17) is 11.6 Å². The monoisotopic (exact) mass is 578 g/mol. The highest BCUT2D eigenvalue weighted by Gasteiger charge is 2.35. The molecule has 10 heteroatoms. The minimum Gasteiger partial charge on any atom is -0.321 e. The summed E-state index contributed by atoms with van der Waals surface area (Å²) in [4.78, 5) is 40.4. The summed E-state index contributed by atoms with van der Waals surface area (Å²) in [6, 6.07) is 20.6. The van der Waals surface area contributed by atoms with E-state index in [0.717, 1.165) is 15.4 Å². The first-order chi connectivity index (χ1) is 17.9. The minimum absolute atomic E-state index is 0.0380. The molecule has 0 fully saturated rings. The molecule has 8 nitrogen and oxygen atoms in total. The number of nitrogens with one attached hydrogen (secondary N) is 1. The molecular weight excluding hydrogens is 560 g/mol. The Bertz CT molecular complexity index is 1620. The van der Waals surface area contributed by atoms with Gasteiger partial charge in [-0.15, -0.1) is 11.6 Å². The van der Waals surface area contributed by atoms with Crippen molar-refractivity contribution < 1.29 is 9.72 Å². The Morgan fingerprint density at radius 2 is 1.89 bits per heavy atom. The molecule has 0 spiro atoms. The van der Waals surface area contributed by atoms with Crippen molar-refractivity contribution in [2.75, 3.05) is 5.88 Å². The van der Waals surface area contributed by atoms with E-state index in [1.807, 2.05) is 48.5 Å². The number of fused-ring (bicyclic) bond motifs is 1. The van der Waals surface area contributed by atoms with E-state index in [0.29, 0.717) is 27.9 Å². The molecule has 0 bridgehead atoms. The summed E-state index contributed by atoms with van der Waals surface area (Å²) in [6.45, 7) is 0. The molecular formula is C27H20BrClN4O4. The van der Waals surface area contributed by atoms with Crippen molar-refractivity contribution in [3.63, 3.8) is 0 Å². The molecule has 0 saturated heterocycles. The number of hydrogen-bond donors (Lipinski definition) is 1. The second-order valence-electron chi connectivity index (χ2n) is 8.56. The van der Waals surface area contributed by atoms with Gasteiger partial charge in [-0.3, -0.25) is 19.7 Å². The van der Waals surface area contributed by atoms with Gasteiger partial charge in [0, 0.05) is 51.8 Å². The summed E-state index contributed by atoms with van der Waals surface area (Å²) in [6.07, 6.45) is 0.244. The summed E-state index contributed by atoms with van der Waals surface area (Å²) in [5, 5.41) is 18.1. The molecule has 1 N–H and O–H groups in total.